The molecule has 0 aromatic heterocycles. The molecule has 0 bridgehead atoms. The number of carbonyl (C=O) groups is 2. The van der Waals surface area contributed by atoms with Gasteiger partial charge in [0.1, 0.15) is 16.9 Å². The number of Topliss-reactive ketones (excluding diaryl/α,β-unsaturated/α-hetero) is 1. The van der Waals surface area contributed by atoms with Gasteiger partial charge in [-0.2, -0.15) is 0 Å². The van der Waals surface area contributed by atoms with Crippen molar-refractivity contribution in [3.8, 4) is 16.9 Å². The SMILES string of the molecule is CC(C)(C)OC(=O)N1CCNCC1(C)C(=O)c1ccc(-c2ccccc2)c(O)c1. The number of hydrogen-bond acceptors (Lipinski definition) is 5. The van der Waals surface area contributed by atoms with Gasteiger partial charge < -0.3 is 15.2 Å². The van der Waals surface area contributed by atoms with Gasteiger partial charge in [0.05, 0.1) is 0 Å². The van der Waals surface area contributed by atoms with E-state index in [0.29, 0.717) is 30.8 Å². The van der Waals surface area contributed by atoms with E-state index < -0.39 is 17.2 Å². The Morgan fingerprint density at radius 1 is 1.14 bits per heavy atom. The number of rotatable bonds is 3. The Morgan fingerprint density at radius 3 is 2.45 bits per heavy atom. The van der Waals surface area contributed by atoms with Gasteiger partial charge in [-0.05, 0) is 45.4 Å². The lowest BCUT2D eigenvalue weighted by molar-refractivity contribution is -0.00372. The van der Waals surface area contributed by atoms with Crippen LogP contribution in [0.5, 0.6) is 5.75 Å². The maximum absolute atomic E-state index is 13.4. The number of nitrogens with one attached hydrogen (secondary N) is 1. The van der Waals surface area contributed by atoms with E-state index in [0.717, 1.165) is 5.56 Å². The van der Waals surface area contributed by atoms with Crippen molar-refractivity contribution in [2.45, 2.75) is 38.8 Å². The second kappa shape index (κ2) is 7.87. The van der Waals surface area contributed by atoms with Crippen molar-refractivity contribution >= 4 is 11.9 Å². The Bertz CT molecular complexity index is 905. The fourth-order valence-electron chi connectivity index (χ4n) is 3.52. The third kappa shape index (κ3) is 4.43. The highest BCUT2D eigenvalue weighted by molar-refractivity contribution is 6.05. The van der Waals surface area contributed by atoms with Crippen LogP contribution in [0.15, 0.2) is 48.5 Å². The molecule has 6 heteroatoms. The summed E-state index contributed by atoms with van der Waals surface area (Å²) in [6, 6.07) is 14.4. The summed E-state index contributed by atoms with van der Waals surface area (Å²) in [6.07, 6.45) is -0.514. The number of carbonyl (C=O) groups excluding carboxylic acids is 2. The van der Waals surface area contributed by atoms with Crippen molar-refractivity contribution in [1.82, 2.24) is 10.2 Å². The minimum Gasteiger partial charge on any atom is -0.507 e. The average Bonchev–Trinajstić information content (AvgIpc) is 2.67. The van der Waals surface area contributed by atoms with Gasteiger partial charge in [0.15, 0.2) is 5.78 Å². The zero-order valence-corrected chi connectivity index (χ0v) is 17.4. The van der Waals surface area contributed by atoms with Crippen LogP contribution >= 0.6 is 0 Å². The number of benzene rings is 2. The number of piperazine rings is 1. The van der Waals surface area contributed by atoms with Crippen molar-refractivity contribution in [1.29, 1.82) is 0 Å². The Morgan fingerprint density at radius 2 is 1.83 bits per heavy atom. The molecule has 1 fully saturated rings. The topological polar surface area (TPSA) is 78.9 Å². The van der Waals surface area contributed by atoms with Crippen molar-refractivity contribution in [3.05, 3.63) is 54.1 Å². The molecule has 2 aromatic rings. The summed E-state index contributed by atoms with van der Waals surface area (Å²) < 4.78 is 5.52. The van der Waals surface area contributed by atoms with Crippen molar-refractivity contribution in [2.75, 3.05) is 19.6 Å². The van der Waals surface area contributed by atoms with Crippen molar-refractivity contribution < 1.29 is 19.4 Å². The smallest absolute Gasteiger partial charge is 0.411 e. The molecule has 1 aliphatic rings. The third-order valence-corrected chi connectivity index (χ3v) is 5.02. The summed E-state index contributed by atoms with van der Waals surface area (Å²) in [7, 11) is 0. The first kappa shape index (κ1) is 20.9. The summed E-state index contributed by atoms with van der Waals surface area (Å²) in [5.41, 5.74) is 0.105. The first-order chi connectivity index (χ1) is 13.6. The minimum absolute atomic E-state index is 0.0261. The van der Waals surface area contributed by atoms with E-state index in [4.69, 9.17) is 4.74 Å². The molecule has 1 aliphatic heterocycles. The van der Waals surface area contributed by atoms with E-state index in [1.807, 2.05) is 30.3 Å². The number of amides is 1. The number of phenolic OH excluding ortho intramolecular Hbond substituents is 1. The standard InChI is InChI=1S/C23H28N2O4/c1-22(2,3)29-21(28)25-13-12-24-15-23(25,4)20(27)17-10-11-18(19(26)14-17)16-8-6-5-7-9-16/h5-11,14,24,26H,12-13,15H2,1-4H3. The molecule has 1 atom stereocenters. The van der Waals surface area contributed by atoms with Gasteiger partial charge in [0, 0.05) is 30.8 Å². The molecule has 154 valence electrons. The molecule has 3 rings (SSSR count). The largest absolute Gasteiger partial charge is 0.507 e. The van der Waals surface area contributed by atoms with E-state index in [1.165, 1.54) is 11.0 Å². The summed E-state index contributed by atoms with van der Waals surface area (Å²) in [4.78, 5) is 27.6. The number of ether oxygens (including phenoxy) is 1. The van der Waals surface area contributed by atoms with Crippen LogP contribution in [0.3, 0.4) is 0 Å². The van der Waals surface area contributed by atoms with Crippen LogP contribution in [-0.4, -0.2) is 52.7 Å². The zero-order valence-electron chi connectivity index (χ0n) is 17.4. The predicted molar refractivity (Wildman–Crippen MR) is 112 cm³/mol. The molecule has 0 spiro atoms. The molecule has 2 aromatic carbocycles. The van der Waals surface area contributed by atoms with E-state index in [1.54, 1.807) is 39.8 Å². The van der Waals surface area contributed by atoms with E-state index in [-0.39, 0.29) is 11.5 Å². The highest BCUT2D eigenvalue weighted by atomic mass is 16.6. The highest BCUT2D eigenvalue weighted by Crippen LogP contribution is 2.32. The maximum Gasteiger partial charge on any atom is 0.411 e. The second-order valence-electron chi connectivity index (χ2n) is 8.51. The monoisotopic (exact) mass is 396 g/mol. The third-order valence-electron chi connectivity index (χ3n) is 5.02. The minimum atomic E-state index is -1.11. The predicted octanol–water partition coefficient (Wildman–Crippen LogP) is 3.84. The lowest BCUT2D eigenvalue weighted by atomic mass is 9.87. The van der Waals surface area contributed by atoms with Gasteiger partial charge in [0.2, 0.25) is 0 Å². The van der Waals surface area contributed by atoms with Crippen LogP contribution in [0.25, 0.3) is 11.1 Å². The Balaban J connectivity index is 1.91. The molecular formula is C23H28N2O4. The second-order valence-corrected chi connectivity index (χ2v) is 8.51. The fourth-order valence-corrected chi connectivity index (χ4v) is 3.52. The Hall–Kier alpha value is -2.86. The average molecular weight is 396 g/mol. The summed E-state index contributed by atoms with van der Waals surface area (Å²) in [5, 5.41) is 13.7. The van der Waals surface area contributed by atoms with Gasteiger partial charge in [-0.1, -0.05) is 36.4 Å². The Kier molecular flexibility index (Phi) is 5.66. The van der Waals surface area contributed by atoms with Gasteiger partial charge in [-0.3, -0.25) is 9.69 Å². The Labute approximate surface area is 171 Å². The molecule has 29 heavy (non-hydrogen) atoms. The van der Waals surface area contributed by atoms with Crippen LogP contribution in [0.4, 0.5) is 4.79 Å². The molecule has 1 saturated heterocycles. The number of ketones is 1. The number of hydrogen-bond donors (Lipinski definition) is 2. The first-order valence-electron chi connectivity index (χ1n) is 9.76. The van der Waals surface area contributed by atoms with E-state index in [9.17, 15) is 14.7 Å². The normalized spacial score (nSPS) is 19.7. The molecule has 0 aliphatic carbocycles. The molecule has 0 radical (unpaired) electrons. The molecule has 6 nitrogen and oxygen atoms in total. The fraction of sp³-hybridized carbons (Fsp3) is 0.391. The molecule has 1 amide bonds. The number of aromatic hydroxyl groups is 1. The quantitative estimate of drug-likeness (QED) is 0.771. The molecule has 2 N–H and O–H groups in total. The van der Waals surface area contributed by atoms with E-state index >= 15 is 0 Å². The van der Waals surface area contributed by atoms with Gasteiger partial charge in [-0.15, -0.1) is 0 Å². The molecule has 1 heterocycles. The van der Waals surface area contributed by atoms with Crippen molar-refractivity contribution in [3.63, 3.8) is 0 Å². The summed E-state index contributed by atoms with van der Waals surface area (Å²) in [6.45, 7) is 8.39. The molecule has 0 saturated carbocycles. The molecular weight excluding hydrogens is 368 g/mol. The number of nitrogens with zero attached hydrogens (tertiary/aromatic N) is 1. The van der Waals surface area contributed by atoms with Gasteiger partial charge in [-0.25, -0.2) is 4.79 Å². The van der Waals surface area contributed by atoms with Crippen LogP contribution in [-0.2, 0) is 4.74 Å². The summed E-state index contributed by atoms with van der Waals surface area (Å²) >= 11 is 0. The lowest BCUT2D eigenvalue weighted by Gasteiger charge is -2.44. The van der Waals surface area contributed by atoms with Gasteiger partial charge in [0.25, 0.3) is 0 Å². The van der Waals surface area contributed by atoms with Crippen LogP contribution in [0.1, 0.15) is 38.1 Å². The zero-order chi connectivity index (χ0) is 21.2. The summed E-state index contributed by atoms with van der Waals surface area (Å²) in [5.74, 6) is -0.219. The van der Waals surface area contributed by atoms with Gasteiger partial charge >= 0.3 is 6.09 Å². The maximum atomic E-state index is 13.4. The van der Waals surface area contributed by atoms with E-state index in [2.05, 4.69) is 5.32 Å². The van der Waals surface area contributed by atoms with Crippen molar-refractivity contribution in [2.24, 2.45) is 0 Å². The highest BCUT2D eigenvalue weighted by Gasteiger charge is 2.45. The van der Waals surface area contributed by atoms with Crippen LogP contribution < -0.4 is 5.32 Å². The van der Waals surface area contributed by atoms with Crippen LogP contribution in [0.2, 0.25) is 0 Å². The van der Waals surface area contributed by atoms with Crippen LogP contribution in [0, 0.1) is 0 Å². The first-order valence-corrected chi connectivity index (χ1v) is 9.76. The number of phenols is 1. The molecule has 1 unspecified atom stereocenters. The lowest BCUT2D eigenvalue weighted by Crippen LogP contribution is -2.65.